The van der Waals surface area contributed by atoms with Crippen LogP contribution < -0.4 is 5.32 Å². The van der Waals surface area contributed by atoms with E-state index in [4.69, 9.17) is 9.47 Å². The van der Waals surface area contributed by atoms with E-state index >= 15 is 0 Å². The van der Waals surface area contributed by atoms with Gasteiger partial charge in [0.25, 0.3) is 5.91 Å². The third-order valence-electron chi connectivity index (χ3n) is 3.76. The fraction of sp³-hybridized carbons (Fsp3) is 0.316. The van der Waals surface area contributed by atoms with Gasteiger partial charge in [-0.05, 0) is 30.2 Å². The zero-order chi connectivity index (χ0) is 16.7. The average Bonchev–Trinajstić information content (AvgIpc) is 2.57. The zero-order valence-corrected chi connectivity index (χ0v) is 13.8. The van der Waals surface area contributed by atoms with Crippen LogP contribution in [0, 0.1) is 0 Å². The van der Waals surface area contributed by atoms with E-state index in [1.54, 1.807) is 14.2 Å². The number of ether oxygens (including phenoxy) is 2. The minimum absolute atomic E-state index is 0.127. The van der Waals surface area contributed by atoms with Crippen molar-refractivity contribution in [1.82, 2.24) is 5.32 Å². The van der Waals surface area contributed by atoms with Crippen LogP contribution in [0.25, 0.3) is 0 Å². The van der Waals surface area contributed by atoms with E-state index < -0.39 is 5.54 Å². The van der Waals surface area contributed by atoms with Crippen LogP contribution in [0.4, 0.5) is 0 Å². The fourth-order valence-electron chi connectivity index (χ4n) is 2.53. The van der Waals surface area contributed by atoms with Crippen LogP contribution in [0.5, 0.6) is 0 Å². The molecule has 0 heterocycles. The van der Waals surface area contributed by atoms with Crippen LogP contribution >= 0.6 is 0 Å². The van der Waals surface area contributed by atoms with E-state index in [1.165, 1.54) is 0 Å². The summed E-state index contributed by atoms with van der Waals surface area (Å²) in [6.45, 7) is 2.89. The second kappa shape index (κ2) is 7.90. The summed E-state index contributed by atoms with van der Waals surface area (Å²) in [6, 6.07) is 17.2. The number of carbonyl (C=O) groups excluding carboxylic acids is 1. The lowest BCUT2D eigenvalue weighted by molar-refractivity contribution is 0.0786. The molecule has 23 heavy (non-hydrogen) atoms. The number of hydrogen-bond donors (Lipinski definition) is 1. The van der Waals surface area contributed by atoms with Gasteiger partial charge in [0.1, 0.15) is 0 Å². The Balaban J connectivity index is 2.17. The summed E-state index contributed by atoms with van der Waals surface area (Å²) in [5, 5.41) is 3.08. The highest BCUT2D eigenvalue weighted by atomic mass is 16.5. The number of methoxy groups -OCH3 is 2. The Bertz CT molecular complexity index is 625. The highest BCUT2D eigenvalue weighted by Crippen LogP contribution is 2.21. The number of hydrogen-bond acceptors (Lipinski definition) is 3. The van der Waals surface area contributed by atoms with Gasteiger partial charge < -0.3 is 14.8 Å². The first kappa shape index (κ1) is 17.2. The van der Waals surface area contributed by atoms with Gasteiger partial charge in [-0.25, -0.2) is 0 Å². The fourth-order valence-corrected chi connectivity index (χ4v) is 2.53. The van der Waals surface area contributed by atoms with E-state index in [2.05, 4.69) is 5.32 Å². The normalized spacial score (nSPS) is 13.3. The van der Waals surface area contributed by atoms with Crippen LogP contribution in [-0.2, 0) is 21.6 Å². The Hall–Kier alpha value is -2.17. The van der Waals surface area contributed by atoms with E-state index in [1.807, 2.05) is 61.5 Å². The third kappa shape index (κ3) is 4.41. The second-order valence-electron chi connectivity index (χ2n) is 5.72. The van der Waals surface area contributed by atoms with E-state index in [0.29, 0.717) is 18.8 Å². The van der Waals surface area contributed by atoms with Crippen molar-refractivity contribution in [3.8, 4) is 0 Å². The molecule has 0 aromatic heterocycles. The van der Waals surface area contributed by atoms with Crippen LogP contribution in [0.2, 0.25) is 0 Å². The molecule has 0 saturated heterocycles. The summed E-state index contributed by atoms with van der Waals surface area (Å²) in [4.78, 5) is 12.6. The molecule has 1 amide bonds. The Labute approximate surface area is 137 Å². The summed E-state index contributed by atoms with van der Waals surface area (Å²) in [7, 11) is 3.28. The second-order valence-corrected chi connectivity index (χ2v) is 5.72. The molecule has 1 atom stereocenters. The van der Waals surface area contributed by atoms with Gasteiger partial charge in [0.05, 0.1) is 18.8 Å². The summed E-state index contributed by atoms with van der Waals surface area (Å²) < 4.78 is 10.4. The minimum Gasteiger partial charge on any atom is -0.382 e. The number of benzene rings is 2. The van der Waals surface area contributed by atoms with Crippen molar-refractivity contribution in [3.05, 3.63) is 71.3 Å². The molecule has 2 rings (SSSR count). The Morgan fingerprint density at radius 2 is 1.65 bits per heavy atom. The monoisotopic (exact) mass is 313 g/mol. The number of nitrogens with one attached hydrogen (secondary N) is 1. The molecular formula is C19H23NO3. The molecule has 0 fully saturated rings. The maximum absolute atomic E-state index is 12.6. The molecule has 2 aromatic rings. The Morgan fingerprint density at radius 1 is 1.00 bits per heavy atom. The maximum Gasteiger partial charge on any atom is 0.252 e. The predicted molar refractivity (Wildman–Crippen MR) is 90.3 cm³/mol. The van der Waals surface area contributed by atoms with Crippen molar-refractivity contribution < 1.29 is 14.3 Å². The van der Waals surface area contributed by atoms with Gasteiger partial charge in [-0.1, -0.05) is 42.5 Å². The van der Waals surface area contributed by atoms with Crippen molar-refractivity contribution >= 4 is 5.91 Å². The molecular weight excluding hydrogens is 290 g/mol. The van der Waals surface area contributed by atoms with Gasteiger partial charge >= 0.3 is 0 Å². The Morgan fingerprint density at radius 3 is 2.22 bits per heavy atom. The zero-order valence-electron chi connectivity index (χ0n) is 13.8. The van der Waals surface area contributed by atoms with Crippen molar-refractivity contribution in [2.75, 3.05) is 20.8 Å². The molecule has 2 aromatic carbocycles. The number of carbonyl (C=O) groups is 1. The number of rotatable bonds is 7. The summed E-state index contributed by atoms with van der Waals surface area (Å²) >= 11 is 0. The van der Waals surface area contributed by atoms with Gasteiger partial charge in [0.15, 0.2) is 0 Å². The largest absolute Gasteiger partial charge is 0.382 e. The van der Waals surface area contributed by atoms with E-state index in [-0.39, 0.29) is 5.91 Å². The van der Waals surface area contributed by atoms with Gasteiger partial charge in [0, 0.05) is 19.8 Å². The minimum atomic E-state index is -0.585. The Kier molecular flexibility index (Phi) is 5.90. The first-order valence-electron chi connectivity index (χ1n) is 7.54. The van der Waals surface area contributed by atoms with Crippen molar-refractivity contribution in [2.24, 2.45) is 0 Å². The van der Waals surface area contributed by atoms with E-state index in [0.717, 1.165) is 11.1 Å². The molecule has 0 saturated carbocycles. The SMILES string of the molecule is COCc1ccc(C(=O)N[C@](C)(COC)c2ccccc2)cc1. The quantitative estimate of drug-likeness (QED) is 0.854. The van der Waals surface area contributed by atoms with Crippen molar-refractivity contribution in [3.63, 3.8) is 0 Å². The third-order valence-corrected chi connectivity index (χ3v) is 3.76. The average molecular weight is 313 g/mol. The van der Waals surface area contributed by atoms with Gasteiger partial charge in [-0.3, -0.25) is 4.79 Å². The lowest BCUT2D eigenvalue weighted by Crippen LogP contribution is -2.46. The molecule has 0 aliphatic carbocycles. The molecule has 0 aliphatic rings. The molecule has 0 radical (unpaired) electrons. The highest BCUT2D eigenvalue weighted by Gasteiger charge is 2.28. The lowest BCUT2D eigenvalue weighted by Gasteiger charge is -2.30. The van der Waals surface area contributed by atoms with E-state index in [9.17, 15) is 4.79 Å². The molecule has 0 unspecified atom stereocenters. The van der Waals surface area contributed by atoms with Crippen molar-refractivity contribution in [2.45, 2.75) is 19.1 Å². The predicted octanol–water partition coefficient (Wildman–Crippen LogP) is 3.12. The summed E-state index contributed by atoms with van der Waals surface area (Å²) in [5.41, 5.74) is 2.07. The first-order valence-corrected chi connectivity index (χ1v) is 7.54. The van der Waals surface area contributed by atoms with Gasteiger partial charge in [-0.15, -0.1) is 0 Å². The molecule has 0 spiro atoms. The molecule has 1 N–H and O–H groups in total. The van der Waals surface area contributed by atoms with Crippen LogP contribution in [0.15, 0.2) is 54.6 Å². The van der Waals surface area contributed by atoms with Crippen LogP contribution in [-0.4, -0.2) is 26.7 Å². The first-order chi connectivity index (χ1) is 11.1. The van der Waals surface area contributed by atoms with Crippen LogP contribution in [0.3, 0.4) is 0 Å². The molecule has 4 heteroatoms. The smallest absolute Gasteiger partial charge is 0.252 e. The molecule has 0 bridgehead atoms. The van der Waals surface area contributed by atoms with Crippen LogP contribution in [0.1, 0.15) is 28.4 Å². The molecule has 0 aliphatic heterocycles. The summed E-state index contributed by atoms with van der Waals surface area (Å²) in [6.07, 6.45) is 0. The lowest BCUT2D eigenvalue weighted by atomic mass is 9.92. The van der Waals surface area contributed by atoms with Gasteiger partial charge in [-0.2, -0.15) is 0 Å². The highest BCUT2D eigenvalue weighted by molar-refractivity contribution is 5.94. The topological polar surface area (TPSA) is 47.6 Å². The molecule has 122 valence electrons. The summed E-state index contributed by atoms with van der Waals surface area (Å²) in [5.74, 6) is -0.127. The van der Waals surface area contributed by atoms with Crippen molar-refractivity contribution in [1.29, 1.82) is 0 Å². The van der Waals surface area contributed by atoms with Gasteiger partial charge in [0.2, 0.25) is 0 Å². The molecule has 4 nitrogen and oxygen atoms in total. The standard InChI is InChI=1S/C19H23NO3/c1-19(14-23-3,17-7-5-4-6-8-17)20-18(21)16-11-9-15(10-12-16)13-22-2/h4-12H,13-14H2,1-3H3,(H,20,21)/t19-/m1/s1. The maximum atomic E-state index is 12.6. The number of amides is 1.